The van der Waals surface area contributed by atoms with E-state index in [9.17, 15) is 19.7 Å². The molecule has 0 aromatic heterocycles. The van der Waals surface area contributed by atoms with Gasteiger partial charge in [0.25, 0.3) is 11.6 Å². The second-order valence-electron chi connectivity index (χ2n) is 6.52. The van der Waals surface area contributed by atoms with Crippen molar-refractivity contribution in [3.8, 4) is 0 Å². The lowest BCUT2D eigenvalue weighted by Crippen LogP contribution is -2.25. The lowest BCUT2D eigenvalue weighted by atomic mass is 10.0. The molecule has 1 aromatic rings. The van der Waals surface area contributed by atoms with Crippen LogP contribution in [0.15, 0.2) is 23.3 Å². The van der Waals surface area contributed by atoms with Crippen LogP contribution in [0, 0.1) is 27.9 Å². The maximum Gasteiger partial charge on any atom is 0.276 e. The Bertz CT molecular complexity index is 776. The first-order valence-corrected chi connectivity index (χ1v) is 8.04. The maximum atomic E-state index is 12.3. The molecule has 124 valence electrons. The summed E-state index contributed by atoms with van der Waals surface area (Å²) in [6.45, 7) is 0. The Labute approximate surface area is 137 Å². The van der Waals surface area contributed by atoms with Crippen LogP contribution < -0.4 is 10.7 Å². The number of nitro benzene ring substituents is 1. The summed E-state index contributed by atoms with van der Waals surface area (Å²) in [6.07, 6.45) is 4.49. The van der Waals surface area contributed by atoms with Gasteiger partial charge in [-0.25, -0.2) is 5.43 Å². The van der Waals surface area contributed by atoms with Gasteiger partial charge in [0.15, 0.2) is 5.71 Å². The van der Waals surface area contributed by atoms with E-state index < -0.39 is 10.8 Å². The monoisotopic (exact) mass is 328 g/mol. The molecule has 8 heteroatoms. The van der Waals surface area contributed by atoms with E-state index in [0.29, 0.717) is 23.1 Å². The maximum absolute atomic E-state index is 12.3. The molecule has 4 rings (SSSR count). The largest absolute Gasteiger partial charge is 0.320 e. The van der Waals surface area contributed by atoms with Gasteiger partial charge < -0.3 is 5.32 Å². The number of hydrazone groups is 1. The summed E-state index contributed by atoms with van der Waals surface area (Å²) < 4.78 is 0. The van der Waals surface area contributed by atoms with E-state index >= 15 is 0 Å². The normalized spacial score (nSPS) is 28.8. The minimum atomic E-state index is -0.534. The van der Waals surface area contributed by atoms with Crippen molar-refractivity contribution >= 4 is 28.9 Å². The number of fused-ring (bicyclic) bond motifs is 2. The van der Waals surface area contributed by atoms with Crippen LogP contribution in [0.3, 0.4) is 0 Å². The first-order chi connectivity index (χ1) is 11.6. The highest BCUT2D eigenvalue weighted by molar-refractivity contribution is 6.53. The number of nitro groups is 1. The standard InChI is InChI=1S/C16H16N4O4/c21-15(13-9-3-1-2-4-10(9)13)19-18-14-11-7-8(20(23)24)5-6-12(11)17-16(14)22/h5-7,9-10,13H,1-4H2,(H,19,21)(H,17,18,22). The number of carbonyl (C=O) groups excluding carboxylic acids is 2. The van der Waals surface area contributed by atoms with Gasteiger partial charge in [-0.2, -0.15) is 5.10 Å². The number of amides is 2. The lowest BCUT2D eigenvalue weighted by Gasteiger charge is -2.04. The fourth-order valence-corrected chi connectivity index (χ4v) is 3.93. The zero-order chi connectivity index (χ0) is 16.8. The summed E-state index contributed by atoms with van der Waals surface area (Å²) in [5, 5.41) is 17.4. The van der Waals surface area contributed by atoms with Crippen LogP contribution >= 0.6 is 0 Å². The topological polar surface area (TPSA) is 114 Å². The second-order valence-corrected chi connectivity index (χ2v) is 6.52. The summed E-state index contributed by atoms with van der Waals surface area (Å²) in [6, 6.07) is 4.07. The summed E-state index contributed by atoms with van der Waals surface area (Å²) in [7, 11) is 0. The molecule has 2 amide bonds. The highest BCUT2D eigenvalue weighted by atomic mass is 16.6. The van der Waals surface area contributed by atoms with Crippen molar-refractivity contribution in [2.75, 3.05) is 5.32 Å². The minimum absolute atomic E-state index is 0.00525. The summed E-state index contributed by atoms with van der Waals surface area (Å²) in [5.74, 6) is 0.255. The van der Waals surface area contributed by atoms with E-state index in [0.717, 1.165) is 12.8 Å². The average Bonchev–Trinajstić information content (AvgIpc) is 3.21. The van der Waals surface area contributed by atoms with E-state index in [4.69, 9.17) is 0 Å². The van der Waals surface area contributed by atoms with Crippen LogP contribution in [0.5, 0.6) is 0 Å². The number of hydrogen-bond donors (Lipinski definition) is 2. The zero-order valence-electron chi connectivity index (χ0n) is 12.8. The predicted molar refractivity (Wildman–Crippen MR) is 85.3 cm³/mol. The van der Waals surface area contributed by atoms with Gasteiger partial charge in [-0.3, -0.25) is 19.7 Å². The van der Waals surface area contributed by atoms with Crippen molar-refractivity contribution in [2.45, 2.75) is 25.7 Å². The van der Waals surface area contributed by atoms with E-state index in [2.05, 4.69) is 15.8 Å². The number of hydrogen-bond acceptors (Lipinski definition) is 5. The van der Waals surface area contributed by atoms with Crippen molar-refractivity contribution < 1.29 is 14.5 Å². The molecule has 2 fully saturated rings. The molecular formula is C16H16N4O4. The molecule has 1 heterocycles. The van der Waals surface area contributed by atoms with Crippen LogP contribution in [0.4, 0.5) is 11.4 Å². The van der Waals surface area contributed by atoms with E-state index in [1.54, 1.807) is 0 Å². The highest BCUT2D eigenvalue weighted by Crippen LogP contribution is 2.55. The predicted octanol–water partition coefficient (Wildman–Crippen LogP) is 1.80. The molecule has 2 aliphatic carbocycles. The van der Waals surface area contributed by atoms with Crippen LogP contribution in [-0.4, -0.2) is 22.4 Å². The molecule has 0 radical (unpaired) electrons. The summed E-state index contributed by atoms with van der Waals surface area (Å²) in [5.41, 5.74) is 3.15. The number of nitrogens with one attached hydrogen (secondary N) is 2. The van der Waals surface area contributed by atoms with E-state index in [1.807, 2.05) is 0 Å². The summed E-state index contributed by atoms with van der Waals surface area (Å²) >= 11 is 0. The molecule has 0 saturated heterocycles. The smallest absolute Gasteiger partial charge is 0.276 e. The van der Waals surface area contributed by atoms with Gasteiger partial charge in [-0.1, -0.05) is 12.8 Å². The van der Waals surface area contributed by atoms with E-state index in [1.165, 1.54) is 31.0 Å². The molecule has 24 heavy (non-hydrogen) atoms. The van der Waals surface area contributed by atoms with Crippen molar-refractivity contribution in [1.82, 2.24) is 5.43 Å². The van der Waals surface area contributed by atoms with Crippen LogP contribution in [-0.2, 0) is 9.59 Å². The molecular weight excluding hydrogens is 312 g/mol. The van der Waals surface area contributed by atoms with Crippen molar-refractivity contribution in [3.05, 3.63) is 33.9 Å². The van der Waals surface area contributed by atoms with Gasteiger partial charge in [-0.15, -0.1) is 0 Å². The van der Waals surface area contributed by atoms with Gasteiger partial charge in [0, 0.05) is 23.6 Å². The quantitative estimate of drug-likeness (QED) is 0.650. The Morgan fingerprint density at radius 3 is 2.67 bits per heavy atom. The first-order valence-electron chi connectivity index (χ1n) is 8.04. The molecule has 2 atom stereocenters. The third kappa shape index (κ3) is 2.34. The Kier molecular flexibility index (Phi) is 3.33. The number of anilines is 1. The SMILES string of the molecule is O=C1Nc2ccc([N+](=O)[O-])cc2/C1=N/NC(=O)C1C2CCCCC21. The third-order valence-corrected chi connectivity index (χ3v) is 5.17. The lowest BCUT2D eigenvalue weighted by molar-refractivity contribution is -0.384. The van der Waals surface area contributed by atoms with Gasteiger partial charge >= 0.3 is 0 Å². The fourth-order valence-electron chi connectivity index (χ4n) is 3.93. The average molecular weight is 328 g/mol. The van der Waals surface area contributed by atoms with Crippen molar-refractivity contribution in [3.63, 3.8) is 0 Å². The van der Waals surface area contributed by atoms with Crippen LogP contribution in [0.25, 0.3) is 0 Å². The minimum Gasteiger partial charge on any atom is -0.320 e. The van der Waals surface area contributed by atoms with Gasteiger partial charge in [0.05, 0.1) is 10.6 Å². The number of carbonyl (C=O) groups is 2. The molecule has 0 spiro atoms. The molecule has 8 nitrogen and oxygen atoms in total. The molecule has 1 aliphatic heterocycles. The van der Waals surface area contributed by atoms with Crippen molar-refractivity contribution in [1.29, 1.82) is 0 Å². The molecule has 1 aromatic carbocycles. The molecule has 2 saturated carbocycles. The fraction of sp³-hybridized carbons (Fsp3) is 0.438. The number of non-ortho nitro benzene ring substituents is 1. The van der Waals surface area contributed by atoms with Gasteiger partial charge in [0.1, 0.15) is 0 Å². The highest BCUT2D eigenvalue weighted by Gasteiger charge is 2.54. The molecule has 3 aliphatic rings. The van der Waals surface area contributed by atoms with Crippen LogP contribution in [0.2, 0.25) is 0 Å². The zero-order valence-corrected chi connectivity index (χ0v) is 12.8. The van der Waals surface area contributed by atoms with Gasteiger partial charge in [0.2, 0.25) is 5.91 Å². The Morgan fingerprint density at radius 2 is 2.00 bits per heavy atom. The second kappa shape index (κ2) is 5.40. The number of benzene rings is 1. The van der Waals surface area contributed by atoms with Crippen LogP contribution in [0.1, 0.15) is 31.2 Å². The Hall–Kier alpha value is -2.77. The molecule has 2 N–H and O–H groups in total. The third-order valence-electron chi connectivity index (χ3n) is 5.17. The van der Waals surface area contributed by atoms with Gasteiger partial charge in [-0.05, 0) is 30.7 Å². The van der Waals surface area contributed by atoms with E-state index in [-0.39, 0.29) is 23.2 Å². The Balaban J connectivity index is 1.53. The number of rotatable bonds is 3. The Morgan fingerprint density at radius 1 is 1.29 bits per heavy atom. The summed E-state index contributed by atoms with van der Waals surface area (Å²) in [4.78, 5) is 34.6. The van der Waals surface area contributed by atoms with Crippen molar-refractivity contribution in [2.24, 2.45) is 22.9 Å². The number of nitrogens with zero attached hydrogens (tertiary/aromatic N) is 2. The molecule has 0 bridgehead atoms. The first kappa shape index (κ1) is 14.8. The molecule has 2 unspecified atom stereocenters.